The van der Waals surface area contributed by atoms with E-state index < -0.39 is 0 Å². The van der Waals surface area contributed by atoms with Crippen molar-refractivity contribution in [2.24, 2.45) is 4.99 Å². The Kier molecular flexibility index (Phi) is 5.08. The first kappa shape index (κ1) is 14.3. The van der Waals surface area contributed by atoms with Gasteiger partial charge in [0, 0.05) is 32.5 Å². The third-order valence-corrected chi connectivity index (χ3v) is 3.67. The maximum absolute atomic E-state index is 6.03. The fraction of sp³-hybridized carbons (Fsp3) is 0.917. The Balaban J connectivity index is 0.00000120. The molecule has 2 aliphatic heterocycles. The molecule has 0 radical (unpaired) electrons. The van der Waals surface area contributed by atoms with Gasteiger partial charge in [0.1, 0.15) is 6.10 Å². The summed E-state index contributed by atoms with van der Waals surface area (Å²) in [5, 5.41) is 6.55. The number of aliphatic imine (C=N–C) groups is 1. The molecular formula is C12H22IN3O2. The van der Waals surface area contributed by atoms with Crippen molar-refractivity contribution < 1.29 is 9.47 Å². The number of rotatable bonds is 2. The fourth-order valence-corrected chi connectivity index (χ4v) is 2.75. The first-order valence-electron chi connectivity index (χ1n) is 6.70. The summed E-state index contributed by atoms with van der Waals surface area (Å²) in [4.78, 5) is 4.38. The van der Waals surface area contributed by atoms with E-state index in [1.807, 2.05) is 0 Å². The highest BCUT2D eigenvalue weighted by molar-refractivity contribution is 14.0. The second-order valence-corrected chi connectivity index (χ2v) is 5.06. The number of halogens is 1. The van der Waals surface area contributed by atoms with E-state index in [2.05, 4.69) is 15.6 Å². The van der Waals surface area contributed by atoms with Crippen LogP contribution in [0.4, 0.5) is 0 Å². The Bertz CT molecular complexity index is 306. The molecule has 3 aliphatic rings. The van der Waals surface area contributed by atoms with E-state index in [9.17, 15) is 0 Å². The monoisotopic (exact) mass is 367 g/mol. The van der Waals surface area contributed by atoms with Gasteiger partial charge in [0.05, 0.1) is 6.61 Å². The molecule has 0 amide bonds. The summed E-state index contributed by atoms with van der Waals surface area (Å²) in [6, 6.07) is 0. The fourth-order valence-electron chi connectivity index (χ4n) is 2.75. The number of guanidine groups is 1. The van der Waals surface area contributed by atoms with Crippen molar-refractivity contribution in [3.05, 3.63) is 0 Å². The summed E-state index contributed by atoms with van der Waals surface area (Å²) in [6.07, 6.45) is 5.87. The van der Waals surface area contributed by atoms with Gasteiger partial charge in [-0.1, -0.05) is 0 Å². The molecule has 2 heterocycles. The minimum absolute atomic E-state index is 0. The van der Waals surface area contributed by atoms with Crippen molar-refractivity contribution in [3.63, 3.8) is 0 Å². The third-order valence-electron chi connectivity index (χ3n) is 3.67. The van der Waals surface area contributed by atoms with Crippen LogP contribution in [-0.2, 0) is 9.47 Å². The highest BCUT2D eigenvalue weighted by Gasteiger charge is 2.43. The van der Waals surface area contributed by atoms with Gasteiger partial charge >= 0.3 is 0 Å². The van der Waals surface area contributed by atoms with Gasteiger partial charge in [0.25, 0.3) is 0 Å². The average molecular weight is 367 g/mol. The zero-order valence-corrected chi connectivity index (χ0v) is 12.9. The summed E-state index contributed by atoms with van der Waals surface area (Å²) >= 11 is 0. The maximum atomic E-state index is 6.03. The van der Waals surface area contributed by atoms with Gasteiger partial charge < -0.3 is 20.1 Å². The minimum Gasteiger partial charge on any atom is -0.356 e. The van der Waals surface area contributed by atoms with Gasteiger partial charge in [-0.25, -0.2) is 0 Å². The van der Waals surface area contributed by atoms with Crippen LogP contribution in [0.2, 0.25) is 0 Å². The van der Waals surface area contributed by atoms with Gasteiger partial charge in [-0.3, -0.25) is 4.99 Å². The lowest BCUT2D eigenvalue weighted by atomic mass is 10.2. The molecule has 1 unspecified atom stereocenters. The summed E-state index contributed by atoms with van der Waals surface area (Å²) in [5.74, 6) is 0.668. The third kappa shape index (κ3) is 3.27. The molecule has 5 nitrogen and oxygen atoms in total. The number of ether oxygens (including phenoxy) is 2. The summed E-state index contributed by atoms with van der Waals surface area (Å²) < 4.78 is 11.9. The Labute approximate surface area is 125 Å². The molecule has 0 aromatic heterocycles. The summed E-state index contributed by atoms with van der Waals surface area (Å²) in [6.45, 7) is 3.42. The molecule has 18 heavy (non-hydrogen) atoms. The molecule has 2 N–H and O–H groups in total. The number of hydrogen-bond donors (Lipinski definition) is 2. The maximum Gasteiger partial charge on any atom is 0.191 e. The van der Waals surface area contributed by atoms with Crippen LogP contribution in [-0.4, -0.2) is 44.1 Å². The molecule has 1 spiro atoms. The van der Waals surface area contributed by atoms with Crippen molar-refractivity contribution in [2.75, 3.05) is 26.2 Å². The second kappa shape index (κ2) is 6.38. The van der Waals surface area contributed by atoms with E-state index in [0.29, 0.717) is 6.61 Å². The quantitative estimate of drug-likeness (QED) is 0.721. The molecular weight excluding hydrogens is 345 g/mol. The number of nitrogens with zero attached hydrogens (tertiary/aromatic N) is 1. The molecule has 1 aliphatic carbocycles. The van der Waals surface area contributed by atoms with Crippen LogP contribution in [0.1, 0.15) is 32.1 Å². The van der Waals surface area contributed by atoms with Crippen molar-refractivity contribution in [1.82, 2.24) is 10.6 Å². The van der Waals surface area contributed by atoms with Crippen molar-refractivity contribution in [3.8, 4) is 0 Å². The van der Waals surface area contributed by atoms with Gasteiger partial charge in [-0.15, -0.1) is 24.0 Å². The lowest BCUT2D eigenvalue weighted by molar-refractivity contribution is -0.160. The molecule has 0 aromatic carbocycles. The number of nitrogens with one attached hydrogen (secondary N) is 2. The summed E-state index contributed by atoms with van der Waals surface area (Å²) in [7, 11) is 0. The first-order chi connectivity index (χ1) is 8.36. The van der Waals surface area contributed by atoms with Crippen LogP contribution in [0.3, 0.4) is 0 Å². The molecule has 104 valence electrons. The van der Waals surface area contributed by atoms with Crippen LogP contribution in [0.5, 0.6) is 0 Å². The largest absolute Gasteiger partial charge is 0.356 e. The highest BCUT2D eigenvalue weighted by atomic mass is 127. The van der Waals surface area contributed by atoms with Gasteiger partial charge in [-0.05, 0) is 19.3 Å². The Morgan fingerprint density at radius 2 is 2.17 bits per heavy atom. The van der Waals surface area contributed by atoms with E-state index in [-0.39, 0.29) is 35.9 Å². The molecule has 1 saturated heterocycles. The van der Waals surface area contributed by atoms with Crippen LogP contribution < -0.4 is 10.6 Å². The van der Waals surface area contributed by atoms with Crippen LogP contribution in [0.15, 0.2) is 4.99 Å². The lowest BCUT2D eigenvalue weighted by Crippen LogP contribution is -2.44. The number of hydrogen-bond acceptors (Lipinski definition) is 5. The predicted octanol–water partition coefficient (Wildman–Crippen LogP) is 1.23. The Morgan fingerprint density at radius 1 is 1.33 bits per heavy atom. The molecule has 6 heteroatoms. The molecule has 0 bridgehead atoms. The average Bonchev–Trinajstić information content (AvgIpc) is 2.99. The standard InChI is InChI=1S/C12H21N3O2.HI/c1-2-5-12(4-1)16-9-10(17-12)8-15-11-13-6-3-7-14-11;/h10H,1-9H2,(H2,13,14,15);1H. The highest BCUT2D eigenvalue weighted by Crippen LogP contribution is 2.38. The predicted molar refractivity (Wildman–Crippen MR) is 80.4 cm³/mol. The van der Waals surface area contributed by atoms with E-state index in [1.165, 1.54) is 12.8 Å². The van der Waals surface area contributed by atoms with Gasteiger partial charge in [-0.2, -0.15) is 0 Å². The topological polar surface area (TPSA) is 54.9 Å². The van der Waals surface area contributed by atoms with Crippen molar-refractivity contribution in [2.45, 2.75) is 44.0 Å². The Hall–Kier alpha value is -0.0800. The van der Waals surface area contributed by atoms with Crippen molar-refractivity contribution >= 4 is 29.9 Å². The van der Waals surface area contributed by atoms with E-state index in [4.69, 9.17) is 9.47 Å². The van der Waals surface area contributed by atoms with Crippen molar-refractivity contribution in [1.29, 1.82) is 0 Å². The normalized spacial score (nSPS) is 29.6. The SMILES string of the molecule is C1CN=C(NCC2COC3(CCCC3)O2)NC1.I. The summed E-state index contributed by atoms with van der Waals surface area (Å²) in [5.41, 5.74) is 0. The Morgan fingerprint density at radius 3 is 2.89 bits per heavy atom. The second-order valence-electron chi connectivity index (χ2n) is 5.06. The zero-order valence-electron chi connectivity index (χ0n) is 10.6. The molecule has 1 saturated carbocycles. The van der Waals surface area contributed by atoms with E-state index >= 15 is 0 Å². The molecule has 3 rings (SSSR count). The van der Waals surface area contributed by atoms with Gasteiger partial charge in [0.2, 0.25) is 0 Å². The van der Waals surface area contributed by atoms with Gasteiger partial charge in [0.15, 0.2) is 11.7 Å². The molecule has 0 aromatic rings. The smallest absolute Gasteiger partial charge is 0.191 e. The van der Waals surface area contributed by atoms with E-state index in [0.717, 1.165) is 44.9 Å². The van der Waals surface area contributed by atoms with Crippen LogP contribution >= 0.6 is 24.0 Å². The molecule has 2 fully saturated rings. The zero-order chi connectivity index (χ0) is 11.6. The van der Waals surface area contributed by atoms with Crippen LogP contribution in [0.25, 0.3) is 0 Å². The van der Waals surface area contributed by atoms with Crippen LogP contribution in [0, 0.1) is 0 Å². The van der Waals surface area contributed by atoms with E-state index in [1.54, 1.807) is 0 Å². The first-order valence-corrected chi connectivity index (χ1v) is 6.70. The molecule has 1 atom stereocenters. The lowest BCUT2D eigenvalue weighted by Gasteiger charge is -2.22. The minimum atomic E-state index is -0.242.